The molecule has 0 spiro atoms. The third-order valence-corrected chi connectivity index (χ3v) is 25.4. The smallest absolute Gasteiger partial charge is 0.235 e. The monoisotopic (exact) mass is 1460 g/mol. The summed E-state index contributed by atoms with van der Waals surface area (Å²) >= 11 is 0. The van der Waals surface area contributed by atoms with Gasteiger partial charge in [-0.1, -0.05) is 323 Å². The maximum atomic E-state index is 6.03. The van der Waals surface area contributed by atoms with E-state index in [2.05, 4.69) is 387 Å². The molecule has 1 aliphatic rings. The van der Waals surface area contributed by atoms with Crippen molar-refractivity contribution in [1.82, 2.24) is 29.1 Å². The van der Waals surface area contributed by atoms with Gasteiger partial charge in [-0.2, -0.15) is 0 Å². The van der Waals surface area contributed by atoms with E-state index >= 15 is 0 Å². The summed E-state index contributed by atoms with van der Waals surface area (Å²) in [4.78, 5) is 23.5. The van der Waals surface area contributed by atoms with Crippen LogP contribution in [0, 0.1) is 0 Å². The third kappa shape index (κ3) is 9.22. The minimum absolute atomic E-state index is 0.363. The Kier molecular flexibility index (Phi) is 13.3. The van der Waals surface area contributed by atoms with Crippen molar-refractivity contribution >= 4 is 162 Å². The summed E-state index contributed by atoms with van der Waals surface area (Å²) < 4.78 is 4.71. The van der Waals surface area contributed by atoms with E-state index in [1.807, 2.05) is 0 Å². The van der Waals surface area contributed by atoms with Crippen LogP contribution < -0.4 is 0 Å². The standard InChI is InChI=1S/C109H66N6/c1-109(2)92-40-22-21-39-88(92)106-103(109)104(66-43-41-64(42-44-66)63-23-5-3-6-24-63)111-108(113-106)115-95-56-53-85-80-35-16-18-37-82(80)89-58-72(46-49-86(89)99(85)102(95)91-60-68-28-10-12-30-70(68)62-97(91)115)71-45-48-75-73(57-71)47-54-93-100(75)105(87-51-50-74(65-25-7-4-8-26-65)76-31-13-17-36-81(76)87)112-107(110-93)114-94-55-52-84-79-34-15-14-32-77(79)78-33-19-20-38-83(78)98(84)101(94)90-59-67-27-9-11-29-69(67)61-96(90)114/h3-62H,1-2H3. The lowest BCUT2D eigenvalue weighted by atomic mass is 9.81. The number of fused-ring (bicyclic) bond motifs is 29. The van der Waals surface area contributed by atoms with Crippen molar-refractivity contribution in [2.75, 3.05) is 0 Å². The highest BCUT2D eigenvalue weighted by Crippen LogP contribution is 2.54. The van der Waals surface area contributed by atoms with Gasteiger partial charge in [0.25, 0.3) is 0 Å². The molecule has 115 heavy (non-hydrogen) atoms. The van der Waals surface area contributed by atoms with Crippen LogP contribution in [0.3, 0.4) is 0 Å². The predicted molar refractivity (Wildman–Crippen MR) is 484 cm³/mol. The first-order valence-electron chi connectivity index (χ1n) is 39.7. The zero-order valence-corrected chi connectivity index (χ0v) is 62.8. The molecule has 532 valence electrons. The fourth-order valence-electron chi connectivity index (χ4n) is 20.2. The predicted octanol–water partition coefficient (Wildman–Crippen LogP) is 28.8. The van der Waals surface area contributed by atoms with Crippen molar-refractivity contribution in [3.05, 3.63) is 375 Å². The highest BCUT2D eigenvalue weighted by Gasteiger charge is 2.41. The first-order chi connectivity index (χ1) is 56.8. The number of aromatic nitrogens is 6. The Hall–Kier alpha value is -15.0. The van der Waals surface area contributed by atoms with Gasteiger partial charge in [0.15, 0.2) is 0 Å². The molecular weight excluding hydrogens is 1390 g/mol. The van der Waals surface area contributed by atoms with Crippen LogP contribution in [0.4, 0.5) is 0 Å². The Balaban J connectivity index is 0.706. The van der Waals surface area contributed by atoms with Crippen LogP contribution in [0.15, 0.2) is 364 Å². The van der Waals surface area contributed by atoms with Crippen LogP contribution in [0.25, 0.3) is 241 Å². The number of nitrogens with zero attached hydrogens (tertiary/aromatic N) is 6. The zero-order chi connectivity index (χ0) is 75.5. The van der Waals surface area contributed by atoms with Crippen LogP contribution in [-0.4, -0.2) is 29.1 Å². The number of hydrogen-bond acceptors (Lipinski definition) is 4. The van der Waals surface area contributed by atoms with Gasteiger partial charge in [0.2, 0.25) is 11.9 Å². The minimum atomic E-state index is -0.363. The molecule has 24 aromatic rings. The van der Waals surface area contributed by atoms with Crippen LogP contribution >= 0.6 is 0 Å². The normalized spacial score (nSPS) is 12.9. The van der Waals surface area contributed by atoms with E-state index in [4.69, 9.17) is 19.9 Å². The van der Waals surface area contributed by atoms with E-state index in [1.54, 1.807) is 0 Å². The van der Waals surface area contributed by atoms with Gasteiger partial charge in [0.05, 0.1) is 44.7 Å². The molecule has 0 atom stereocenters. The SMILES string of the molecule is CC1(C)c2ccccc2-c2nc(-n3c4cc5ccccc5cc4c4c5c(ccc43)c3ccccc3c3cc(-c4ccc6c(ccc7nc(-n8c9cc%10ccccc%10cc9c9c%10c%11ccccc%11c%11ccccc%11c%10ccc98)nc(-c8ccc(-c9ccccc9)c9ccccc89)c76)c4)ccc35)nc(-c3ccc(-c4ccccc4)cc3)c21. The second-order valence-corrected chi connectivity index (χ2v) is 31.8. The summed E-state index contributed by atoms with van der Waals surface area (Å²) in [6.07, 6.45) is 0. The van der Waals surface area contributed by atoms with E-state index in [0.717, 1.165) is 132 Å². The molecule has 4 aromatic heterocycles. The molecule has 4 heterocycles. The van der Waals surface area contributed by atoms with E-state index in [1.165, 1.54) is 108 Å². The summed E-state index contributed by atoms with van der Waals surface area (Å²) in [6, 6.07) is 134. The molecule has 0 unspecified atom stereocenters. The van der Waals surface area contributed by atoms with Gasteiger partial charge in [-0.25, -0.2) is 19.9 Å². The Morgan fingerprint density at radius 2 is 0.626 bits per heavy atom. The van der Waals surface area contributed by atoms with E-state index in [0.29, 0.717) is 11.9 Å². The molecule has 25 rings (SSSR count). The van der Waals surface area contributed by atoms with Crippen LogP contribution in [-0.2, 0) is 5.41 Å². The van der Waals surface area contributed by atoms with Crippen molar-refractivity contribution < 1.29 is 0 Å². The van der Waals surface area contributed by atoms with Crippen molar-refractivity contribution in [3.8, 4) is 79.0 Å². The lowest BCUT2D eigenvalue weighted by Crippen LogP contribution is -2.18. The summed E-state index contributed by atoms with van der Waals surface area (Å²) in [5.74, 6) is 1.25. The van der Waals surface area contributed by atoms with Gasteiger partial charge < -0.3 is 0 Å². The zero-order valence-electron chi connectivity index (χ0n) is 62.8. The van der Waals surface area contributed by atoms with Gasteiger partial charge >= 0.3 is 0 Å². The lowest BCUT2D eigenvalue weighted by Gasteiger charge is -2.24. The lowest BCUT2D eigenvalue weighted by molar-refractivity contribution is 0.657. The van der Waals surface area contributed by atoms with Crippen molar-refractivity contribution in [1.29, 1.82) is 0 Å². The molecule has 0 aliphatic heterocycles. The average Bonchev–Trinajstić information content (AvgIpc) is 1.61. The maximum absolute atomic E-state index is 6.03. The molecule has 0 amide bonds. The topological polar surface area (TPSA) is 61.4 Å². The molecule has 0 saturated heterocycles. The van der Waals surface area contributed by atoms with Crippen LogP contribution in [0.1, 0.15) is 25.0 Å². The molecule has 0 fully saturated rings. The van der Waals surface area contributed by atoms with Gasteiger partial charge in [0.1, 0.15) is 0 Å². The number of rotatable bonds is 7. The summed E-state index contributed by atoms with van der Waals surface area (Å²) in [6.45, 7) is 4.66. The molecule has 1 aliphatic carbocycles. The highest BCUT2D eigenvalue weighted by atomic mass is 15.2. The first-order valence-corrected chi connectivity index (χ1v) is 39.7. The van der Waals surface area contributed by atoms with Gasteiger partial charge in [-0.3, -0.25) is 9.13 Å². The highest BCUT2D eigenvalue weighted by molar-refractivity contribution is 6.38. The van der Waals surface area contributed by atoms with Gasteiger partial charge in [0, 0.05) is 65.4 Å². The molecule has 20 aromatic carbocycles. The fraction of sp³-hybridized carbons (Fsp3) is 0.0275. The van der Waals surface area contributed by atoms with E-state index < -0.39 is 0 Å². The minimum Gasteiger partial charge on any atom is -0.278 e. The van der Waals surface area contributed by atoms with E-state index in [-0.39, 0.29) is 5.41 Å². The largest absolute Gasteiger partial charge is 0.278 e. The fourth-order valence-corrected chi connectivity index (χ4v) is 20.2. The maximum Gasteiger partial charge on any atom is 0.235 e. The van der Waals surface area contributed by atoms with Gasteiger partial charge in [-0.15, -0.1) is 0 Å². The molecule has 0 saturated carbocycles. The van der Waals surface area contributed by atoms with E-state index in [9.17, 15) is 0 Å². The second kappa shape index (κ2) is 24.0. The molecule has 0 radical (unpaired) electrons. The quantitative estimate of drug-likeness (QED) is 0.149. The van der Waals surface area contributed by atoms with Crippen molar-refractivity contribution in [3.63, 3.8) is 0 Å². The summed E-state index contributed by atoms with van der Waals surface area (Å²) in [5, 5.41) is 29.3. The second-order valence-electron chi connectivity index (χ2n) is 31.8. The Bertz CT molecular complexity index is 8390. The molecule has 6 nitrogen and oxygen atoms in total. The summed E-state index contributed by atoms with van der Waals surface area (Å²) in [7, 11) is 0. The summed E-state index contributed by atoms with van der Waals surface area (Å²) in [5.41, 5.74) is 20.0. The van der Waals surface area contributed by atoms with Gasteiger partial charge in [-0.05, 0) is 190 Å². The Morgan fingerprint density at radius 3 is 1.24 bits per heavy atom. The molecule has 6 heteroatoms. The molecular formula is C109H66N6. The average molecular weight is 1460 g/mol. The third-order valence-electron chi connectivity index (χ3n) is 25.4. The first kappa shape index (κ1) is 63.8. The van der Waals surface area contributed by atoms with Crippen LogP contribution in [0.2, 0.25) is 0 Å². The van der Waals surface area contributed by atoms with Crippen molar-refractivity contribution in [2.45, 2.75) is 19.3 Å². The number of benzene rings is 20. The molecule has 0 N–H and O–H groups in total. The number of hydrogen-bond donors (Lipinski definition) is 0. The Morgan fingerprint density at radius 1 is 0.209 bits per heavy atom. The van der Waals surface area contributed by atoms with Crippen molar-refractivity contribution in [2.24, 2.45) is 0 Å². The van der Waals surface area contributed by atoms with Crippen LogP contribution in [0.5, 0.6) is 0 Å². The Labute approximate surface area is 660 Å². The molecule has 0 bridgehead atoms.